The number of nitrogens with one attached hydrogen (secondary N) is 3. The van der Waals surface area contributed by atoms with Crippen molar-refractivity contribution in [1.82, 2.24) is 9.99 Å². The minimum atomic E-state index is -0.941. The zero-order valence-electron chi connectivity index (χ0n) is 18.3. The zero-order valence-corrected chi connectivity index (χ0v) is 20.6. The Hall–Kier alpha value is -3.52. The van der Waals surface area contributed by atoms with E-state index in [9.17, 15) is 14.4 Å². The highest BCUT2D eigenvalue weighted by Gasteiger charge is 2.22. The molecule has 1 aromatic heterocycles. The van der Waals surface area contributed by atoms with Gasteiger partial charge in [-0.3, -0.25) is 19.8 Å². The van der Waals surface area contributed by atoms with Crippen LogP contribution < -0.4 is 16.1 Å². The second-order valence-electron chi connectivity index (χ2n) is 7.70. The third-order valence-electron chi connectivity index (χ3n) is 5.24. The second kappa shape index (κ2) is 10.4. The first-order valence-corrected chi connectivity index (χ1v) is 11.6. The second-order valence-corrected chi connectivity index (χ2v) is 8.95. The minimum Gasteiger partial charge on any atom is -0.341 e. The summed E-state index contributed by atoms with van der Waals surface area (Å²) in [5, 5.41) is 7.02. The molecule has 0 bridgehead atoms. The van der Waals surface area contributed by atoms with E-state index >= 15 is 0 Å². The number of aromatic nitrogens is 1. The molecule has 3 aromatic carbocycles. The van der Waals surface area contributed by atoms with Crippen molar-refractivity contribution in [3.63, 3.8) is 0 Å². The first-order chi connectivity index (χ1) is 16.7. The Kier molecular flexibility index (Phi) is 7.31. The molecular weight excluding hydrogens is 511 g/mol. The number of rotatable bonds is 5. The predicted molar refractivity (Wildman–Crippen MR) is 139 cm³/mol. The highest BCUT2D eigenvalue weighted by Crippen LogP contribution is 2.27. The van der Waals surface area contributed by atoms with Gasteiger partial charge in [0.1, 0.15) is 5.69 Å². The van der Waals surface area contributed by atoms with E-state index in [1.54, 1.807) is 43.3 Å². The van der Waals surface area contributed by atoms with Crippen molar-refractivity contribution >= 4 is 69.1 Å². The van der Waals surface area contributed by atoms with Crippen molar-refractivity contribution < 1.29 is 14.4 Å². The summed E-state index contributed by atoms with van der Waals surface area (Å²) < 4.78 is 1.24. The molecule has 3 N–H and O–H groups in total. The average molecular weight is 530 g/mol. The first kappa shape index (κ1) is 24.6. The topological polar surface area (TPSA) is 92.2 Å². The highest BCUT2D eigenvalue weighted by atomic mass is 35.5. The molecule has 0 fully saturated rings. The summed E-state index contributed by atoms with van der Waals surface area (Å²) in [4.78, 5) is 38.5. The molecule has 4 rings (SSSR count). The number of hydrogen-bond acceptors (Lipinski definition) is 3. The number of carbonyl (C=O) groups excluding carboxylic acids is 3. The summed E-state index contributed by atoms with van der Waals surface area (Å²) in [6, 6.07) is 19.9. The van der Waals surface area contributed by atoms with E-state index in [1.165, 1.54) is 10.7 Å². The molecule has 1 atom stereocenters. The smallest absolute Gasteiger partial charge is 0.328 e. The van der Waals surface area contributed by atoms with Crippen LogP contribution in [0, 0.1) is 0 Å². The lowest BCUT2D eigenvalue weighted by atomic mass is 10.1. The summed E-state index contributed by atoms with van der Waals surface area (Å²) in [6.45, 7) is 1.77. The Morgan fingerprint density at radius 1 is 0.829 bits per heavy atom. The fourth-order valence-corrected chi connectivity index (χ4v) is 3.96. The maximum absolute atomic E-state index is 13.1. The average Bonchev–Trinajstić information content (AvgIpc) is 3.19. The summed E-state index contributed by atoms with van der Waals surface area (Å²) in [6.07, 6.45) is 0. The number of halogens is 3. The molecule has 0 saturated carbocycles. The Labute approximate surface area is 215 Å². The van der Waals surface area contributed by atoms with Gasteiger partial charge in [-0.15, -0.1) is 0 Å². The fourth-order valence-electron chi connectivity index (χ4n) is 3.48. The molecular formula is C25H19Cl3N4O3. The van der Waals surface area contributed by atoms with Crippen molar-refractivity contribution in [3.05, 3.63) is 99.1 Å². The Bertz CT molecular complexity index is 1440. The van der Waals surface area contributed by atoms with Crippen LogP contribution in [0.4, 0.5) is 5.69 Å². The van der Waals surface area contributed by atoms with E-state index in [0.29, 0.717) is 26.6 Å². The number of benzene rings is 3. The van der Waals surface area contributed by atoms with Crippen LogP contribution in [-0.2, 0) is 9.59 Å². The van der Waals surface area contributed by atoms with Crippen LogP contribution in [-0.4, -0.2) is 22.4 Å². The monoisotopic (exact) mass is 528 g/mol. The van der Waals surface area contributed by atoms with Gasteiger partial charge in [0, 0.05) is 16.1 Å². The summed E-state index contributed by atoms with van der Waals surface area (Å²) in [5.74, 6) is -2.34. The van der Waals surface area contributed by atoms with Gasteiger partial charge in [-0.25, -0.2) is 4.68 Å². The molecule has 1 heterocycles. The van der Waals surface area contributed by atoms with E-state index in [2.05, 4.69) is 16.1 Å². The number of amides is 3. The SMILES string of the molecule is C[C@H](NC(=O)C(=O)Nn1c(C(=O)Nc2ccc(Cl)c(Cl)c2)cc2cc(Cl)ccc21)c1ccccc1. The molecule has 35 heavy (non-hydrogen) atoms. The van der Waals surface area contributed by atoms with Crippen LogP contribution in [0.5, 0.6) is 0 Å². The van der Waals surface area contributed by atoms with Crippen molar-refractivity contribution in [2.75, 3.05) is 10.7 Å². The van der Waals surface area contributed by atoms with Gasteiger partial charge in [0.05, 0.1) is 21.6 Å². The van der Waals surface area contributed by atoms with E-state index < -0.39 is 23.8 Å². The summed E-state index contributed by atoms with van der Waals surface area (Å²) in [7, 11) is 0. The van der Waals surface area contributed by atoms with Crippen LogP contribution in [0.25, 0.3) is 10.9 Å². The maximum atomic E-state index is 13.1. The predicted octanol–water partition coefficient (Wildman–Crippen LogP) is 5.80. The number of hydrogen-bond donors (Lipinski definition) is 3. The van der Waals surface area contributed by atoms with Crippen LogP contribution in [0.15, 0.2) is 72.8 Å². The maximum Gasteiger partial charge on any atom is 0.328 e. The molecule has 10 heteroatoms. The fraction of sp³-hybridized carbons (Fsp3) is 0.0800. The van der Waals surface area contributed by atoms with Crippen molar-refractivity contribution in [1.29, 1.82) is 0 Å². The first-order valence-electron chi connectivity index (χ1n) is 10.5. The highest BCUT2D eigenvalue weighted by molar-refractivity contribution is 6.42. The zero-order chi connectivity index (χ0) is 25.1. The van der Waals surface area contributed by atoms with E-state index in [0.717, 1.165) is 5.56 Å². The molecule has 0 saturated heterocycles. The third kappa shape index (κ3) is 5.59. The lowest BCUT2D eigenvalue weighted by Crippen LogP contribution is -2.40. The number of carbonyl (C=O) groups is 3. The van der Waals surface area contributed by atoms with Gasteiger partial charge in [-0.05, 0) is 55.0 Å². The van der Waals surface area contributed by atoms with E-state index in [1.807, 2.05) is 30.3 Å². The van der Waals surface area contributed by atoms with Crippen LogP contribution in [0.3, 0.4) is 0 Å². The quantitative estimate of drug-likeness (QED) is 0.285. The normalized spacial score (nSPS) is 11.7. The van der Waals surface area contributed by atoms with Gasteiger partial charge in [-0.2, -0.15) is 0 Å². The largest absolute Gasteiger partial charge is 0.341 e. The van der Waals surface area contributed by atoms with Gasteiger partial charge < -0.3 is 10.6 Å². The molecule has 178 valence electrons. The molecule has 0 unspecified atom stereocenters. The van der Waals surface area contributed by atoms with Crippen molar-refractivity contribution in [2.24, 2.45) is 0 Å². The summed E-state index contributed by atoms with van der Waals surface area (Å²) >= 11 is 18.1. The molecule has 4 aromatic rings. The van der Waals surface area contributed by atoms with Gasteiger partial charge >= 0.3 is 11.8 Å². The van der Waals surface area contributed by atoms with Crippen LogP contribution >= 0.6 is 34.8 Å². The number of nitrogens with zero attached hydrogens (tertiary/aromatic N) is 1. The molecule has 7 nitrogen and oxygen atoms in total. The lowest BCUT2D eigenvalue weighted by molar-refractivity contribution is -0.137. The van der Waals surface area contributed by atoms with E-state index in [-0.39, 0.29) is 10.7 Å². The van der Waals surface area contributed by atoms with Gasteiger partial charge in [0.15, 0.2) is 0 Å². The molecule has 0 aliphatic rings. The van der Waals surface area contributed by atoms with E-state index in [4.69, 9.17) is 34.8 Å². The Balaban J connectivity index is 1.60. The molecule has 0 aliphatic heterocycles. The number of anilines is 1. The minimum absolute atomic E-state index is 0.0746. The van der Waals surface area contributed by atoms with Gasteiger partial charge in [0.2, 0.25) is 0 Å². The molecule has 0 aliphatic carbocycles. The van der Waals surface area contributed by atoms with Gasteiger partial charge in [0.25, 0.3) is 5.91 Å². The summed E-state index contributed by atoms with van der Waals surface area (Å²) in [5.41, 5.74) is 4.31. The van der Waals surface area contributed by atoms with Crippen molar-refractivity contribution in [3.8, 4) is 0 Å². The molecule has 0 spiro atoms. The molecule has 0 radical (unpaired) electrons. The lowest BCUT2D eigenvalue weighted by Gasteiger charge is -2.16. The van der Waals surface area contributed by atoms with Gasteiger partial charge in [-0.1, -0.05) is 65.1 Å². The Morgan fingerprint density at radius 2 is 1.57 bits per heavy atom. The Morgan fingerprint density at radius 3 is 2.29 bits per heavy atom. The third-order valence-corrected chi connectivity index (χ3v) is 6.21. The number of fused-ring (bicyclic) bond motifs is 1. The molecule has 3 amide bonds. The van der Waals surface area contributed by atoms with Crippen molar-refractivity contribution in [2.45, 2.75) is 13.0 Å². The van der Waals surface area contributed by atoms with Crippen LogP contribution in [0.2, 0.25) is 15.1 Å². The van der Waals surface area contributed by atoms with Crippen LogP contribution in [0.1, 0.15) is 29.0 Å². The standard InChI is InChI=1S/C25H19Cl3N4O3/c1-14(15-5-3-2-4-6-15)29-24(34)25(35)31-32-21-10-7-17(26)11-16(21)12-22(32)23(33)30-18-8-9-19(27)20(28)13-18/h2-14H,1H3,(H,29,34)(H,30,33)(H,31,35)/t14-/m0/s1.